The van der Waals surface area contributed by atoms with Crippen LogP contribution in [0, 0.1) is 11.8 Å². The van der Waals surface area contributed by atoms with Crippen LogP contribution in [0.1, 0.15) is 39.7 Å². The fourth-order valence-corrected chi connectivity index (χ4v) is 3.70. The molecule has 0 spiro atoms. The summed E-state index contributed by atoms with van der Waals surface area (Å²) in [6, 6.07) is 2.41. The normalized spacial score (nSPS) is 18.4. The highest BCUT2D eigenvalue weighted by atomic mass is 16.5. The van der Waals surface area contributed by atoms with Gasteiger partial charge in [-0.3, -0.25) is 4.68 Å². The third kappa shape index (κ3) is 3.83. The van der Waals surface area contributed by atoms with Crippen LogP contribution in [-0.4, -0.2) is 37.5 Å². The highest BCUT2D eigenvalue weighted by molar-refractivity contribution is 5.76. The Balaban J connectivity index is 1.53. The number of aromatic nitrogens is 5. The van der Waals surface area contributed by atoms with E-state index in [9.17, 15) is 0 Å². The summed E-state index contributed by atoms with van der Waals surface area (Å²) in [6.07, 6.45) is 9.98. The number of ether oxygens (including phenoxy) is 1. The van der Waals surface area contributed by atoms with Crippen molar-refractivity contribution in [2.45, 2.75) is 46.2 Å². The summed E-state index contributed by atoms with van der Waals surface area (Å²) in [6.45, 7) is 9.34. The molecule has 0 aliphatic carbocycles. The van der Waals surface area contributed by atoms with E-state index < -0.39 is 0 Å². The van der Waals surface area contributed by atoms with Crippen molar-refractivity contribution in [3.8, 4) is 0 Å². The fourth-order valence-electron chi connectivity index (χ4n) is 3.70. The number of rotatable bonds is 7. The maximum absolute atomic E-state index is 5.44. The van der Waals surface area contributed by atoms with Gasteiger partial charge in [0, 0.05) is 37.1 Å². The predicted octanol–water partition coefficient (Wildman–Crippen LogP) is 4.02. The van der Waals surface area contributed by atoms with Crippen LogP contribution in [0.25, 0.3) is 11.0 Å². The summed E-state index contributed by atoms with van der Waals surface area (Å²) in [5.41, 5.74) is 1.87. The predicted molar refractivity (Wildman–Crippen MR) is 106 cm³/mol. The first-order valence-corrected chi connectivity index (χ1v) is 9.85. The molecule has 2 unspecified atom stereocenters. The lowest BCUT2D eigenvalue weighted by Gasteiger charge is -2.20. The molecule has 1 fully saturated rings. The Morgan fingerprint density at radius 2 is 2.22 bits per heavy atom. The van der Waals surface area contributed by atoms with Crippen LogP contribution in [0.3, 0.4) is 0 Å². The summed E-state index contributed by atoms with van der Waals surface area (Å²) in [4.78, 5) is 9.22. The molecule has 0 bridgehead atoms. The molecule has 1 N–H and O–H groups in total. The van der Waals surface area contributed by atoms with Gasteiger partial charge in [0.1, 0.15) is 5.65 Å². The van der Waals surface area contributed by atoms with Gasteiger partial charge in [0.15, 0.2) is 0 Å². The second kappa shape index (κ2) is 7.68. The van der Waals surface area contributed by atoms with Crippen molar-refractivity contribution >= 4 is 22.7 Å². The van der Waals surface area contributed by atoms with Crippen molar-refractivity contribution in [2.75, 3.05) is 18.5 Å². The molecular formula is C20H28N6O. The van der Waals surface area contributed by atoms with Gasteiger partial charge >= 0.3 is 0 Å². The Hall–Kier alpha value is -2.41. The summed E-state index contributed by atoms with van der Waals surface area (Å²) in [7, 11) is 0. The van der Waals surface area contributed by atoms with Gasteiger partial charge in [-0.05, 0) is 24.3 Å². The Kier molecular flexibility index (Phi) is 5.11. The standard InChI is InChI=1S/C20H28N6O/c1-4-15(14(2)3)11-25-7-5-16-9-21-20(24-19(16)25)23-17-10-22-26(12-17)18-6-8-27-13-18/h5,7,9-10,12,14-15,18H,4,6,8,11,13H2,1-3H3,(H,21,23,24). The maximum Gasteiger partial charge on any atom is 0.229 e. The summed E-state index contributed by atoms with van der Waals surface area (Å²) in [5.74, 6) is 1.89. The van der Waals surface area contributed by atoms with Crippen molar-refractivity contribution in [2.24, 2.45) is 11.8 Å². The molecule has 7 heteroatoms. The third-order valence-electron chi connectivity index (χ3n) is 5.54. The van der Waals surface area contributed by atoms with Crippen LogP contribution in [0.4, 0.5) is 11.6 Å². The van der Waals surface area contributed by atoms with Gasteiger partial charge in [-0.2, -0.15) is 10.1 Å². The van der Waals surface area contributed by atoms with Crippen molar-refractivity contribution in [1.29, 1.82) is 0 Å². The van der Waals surface area contributed by atoms with E-state index in [0.717, 1.165) is 49.3 Å². The first kappa shape index (κ1) is 18.0. The molecule has 0 amide bonds. The SMILES string of the molecule is CCC(Cn1ccc2cnc(Nc3cnn(C4CCOC4)c3)nc21)C(C)C. The lowest BCUT2D eigenvalue weighted by atomic mass is 9.93. The van der Waals surface area contributed by atoms with Crippen LogP contribution >= 0.6 is 0 Å². The number of nitrogens with zero attached hydrogens (tertiary/aromatic N) is 5. The van der Waals surface area contributed by atoms with E-state index in [-0.39, 0.29) is 0 Å². The Labute approximate surface area is 159 Å². The lowest BCUT2D eigenvalue weighted by molar-refractivity contribution is 0.184. The average molecular weight is 368 g/mol. The van der Waals surface area contributed by atoms with Crippen LogP contribution in [0.15, 0.2) is 30.9 Å². The van der Waals surface area contributed by atoms with Gasteiger partial charge in [0.05, 0.1) is 24.5 Å². The maximum atomic E-state index is 5.44. The third-order valence-corrected chi connectivity index (χ3v) is 5.54. The second-order valence-corrected chi connectivity index (χ2v) is 7.70. The highest BCUT2D eigenvalue weighted by Crippen LogP contribution is 2.23. The Bertz CT molecular complexity index is 893. The lowest BCUT2D eigenvalue weighted by Crippen LogP contribution is -2.15. The van der Waals surface area contributed by atoms with Gasteiger partial charge < -0.3 is 14.6 Å². The first-order chi connectivity index (χ1) is 13.1. The van der Waals surface area contributed by atoms with E-state index in [1.54, 1.807) is 0 Å². The molecule has 27 heavy (non-hydrogen) atoms. The first-order valence-electron chi connectivity index (χ1n) is 9.85. The van der Waals surface area contributed by atoms with Gasteiger partial charge in [0.2, 0.25) is 5.95 Å². The zero-order valence-electron chi connectivity index (χ0n) is 16.3. The zero-order chi connectivity index (χ0) is 18.8. The fraction of sp³-hybridized carbons (Fsp3) is 0.550. The second-order valence-electron chi connectivity index (χ2n) is 7.70. The summed E-state index contributed by atoms with van der Waals surface area (Å²) >= 11 is 0. The van der Waals surface area contributed by atoms with E-state index in [4.69, 9.17) is 9.72 Å². The molecular weight excluding hydrogens is 340 g/mol. The van der Waals surface area contributed by atoms with Crippen LogP contribution in [0.5, 0.6) is 0 Å². The van der Waals surface area contributed by atoms with Gasteiger partial charge in [0.25, 0.3) is 0 Å². The topological polar surface area (TPSA) is 69.8 Å². The van der Waals surface area contributed by atoms with Crippen LogP contribution in [0.2, 0.25) is 0 Å². The number of nitrogens with one attached hydrogen (secondary N) is 1. The molecule has 1 aliphatic heterocycles. The number of hydrogen-bond donors (Lipinski definition) is 1. The highest BCUT2D eigenvalue weighted by Gasteiger charge is 2.18. The molecule has 4 rings (SSSR count). The zero-order valence-corrected chi connectivity index (χ0v) is 16.3. The monoisotopic (exact) mass is 368 g/mol. The molecule has 0 radical (unpaired) electrons. The van der Waals surface area contributed by atoms with Crippen molar-refractivity contribution in [3.05, 3.63) is 30.9 Å². The van der Waals surface area contributed by atoms with Gasteiger partial charge in [-0.15, -0.1) is 0 Å². The van der Waals surface area contributed by atoms with E-state index in [0.29, 0.717) is 23.8 Å². The number of hydrogen-bond acceptors (Lipinski definition) is 5. The molecule has 7 nitrogen and oxygen atoms in total. The minimum absolute atomic E-state index is 0.322. The van der Waals surface area contributed by atoms with Crippen LogP contribution < -0.4 is 5.32 Å². The molecule has 2 atom stereocenters. The summed E-state index contributed by atoms with van der Waals surface area (Å²) < 4.78 is 9.65. The molecule has 3 aromatic heterocycles. The van der Waals surface area contributed by atoms with Gasteiger partial charge in [-0.1, -0.05) is 27.2 Å². The number of anilines is 2. The van der Waals surface area contributed by atoms with Gasteiger partial charge in [-0.25, -0.2) is 4.98 Å². The van der Waals surface area contributed by atoms with Crippen LogP contribution in [-0.2, 0) is 11.3 Å². The van der Waals surface area contributed by atoms with Crippen molar-refractivity contribution in [1.82, 2.24) is 24.3 Å². The molecule has 3 aromatic rings. The molecule has 0 saturated carbocycles. The van der Waals surface area contributed by atoms with Crippen molar-refractivity contribution in [3.63, 3.8) is 0 Å². The molecule has 4 heterocycles. The molecule has 1 aliphatic rings. The molecule has 144 valence electrons. The van der Waals surface area contributed by atoms with E-state index in [1.165, 1.54) is 0 Å². The number of fused-ring (bicyclic) bond motifs is 1. The molecule has 0 aromatic carbocycles. The minimum Gasteiger partial charge on any atom is -0.379 e. The summed E-state index contributed by atoms with van der Waals surface area (Å²) in [5, 5.41) is 8.80. The van der Waals surface area contributed by atoms with E-state index in [1.807, 2.05) is 23.3 Å². The van der Waals surface area contributed by atoms with E-state index in [2.05, 4.69) is 53.0 Å². The minimum atomic E-state index is 0.322. The average Bonchev–Trinajstić information content (AvgIpc) is 3.40. The smallest absolute Gasteiger partial charge is 0.229 e. The van der Waals surface area contributed by atoms with E-state index >= 15 is 0 Å². The Morgan fingerprint density at radius 3 is 2.96 bits per heavy atom. The Morgan fingerprint density at radius 1 is 1.33 bits per heavy atom. The molecule has 1 saturated heterocycles. The van der Waals surface area contributed by atoms with Crippen molar-refractivity contribution < 1.29 is 4.74 Å². The largest absolute Gasteiger partial charge is 0.379 e. The quantitative estimate of drug-likeness (QED) is 0.682.